The van der Waals surface area contributed by atoms with Crippen molar-refractivity contribution in [3.63, 3.8) is 0 Å². The van der Waals surface area contributed by atoms with Gasteiger partial charge in [0.05, 0.1) is 5.69 Å². The summed E-state index contributed by atoms with van der Waals surface area (Å²) in [7, 11) is 0. The molecule has 21 heavy (non-hydrogen) atoms. The van der Waals surface area contributed by atoms with Crippen LogP contribution in [0, 0.1) is 5.92 Å². The number of para-hydroxylation sites is 1. The number of nitrogens with zero attached hydrogens (tertiary/aromatic N) is 2. The SMILES string of the molecule is NC1=CC2(CN3CCC2CC3)OC(=O)N1c1ccccc1. The summed E-state index contributed by atoms with van der Waals surface area (Å²) in [5, 5.41) is 0. The van der Waals surface area contributed by atoms with E-state index in [1.807, 2.05) is 36.4 Å². The van der Waals surface area contributed by atoms with Gasteiger partial charge in [-0.2, -0.15) is 0 Å². The third-order valence-electron chi connectivity index (χ3n) is 4.87. The average molecular weight is 285 g/mol. The number of fused-ring (bicyclic) bond motifs is 2. The number of benzene rings is 1. The molecule has 1 atom stereocenters. The Morgan fingerprint density at radius 3 is 2.48 bits per heavy atom. The van der Waals surface area contributed by atoms with Crippen LogP contribution in [-0.2, 0) is 4.74 Å². The lowest BCUT2D eigenvalue weighted by Crippen LogP contribution is -2.63. The van der Waals surface area contributed by atoms with Gasteiger partial charge >= 0.3 is 6.09 Å². The van der Waals surface area contributed by atoms with E-state index < -0.39 is 5.60 Å². The van der Waals surface area contributed by atoms with Gasteiger partial charge in [-0.3, -0.25) is 4.90 Å². The third kappa shape index (κ3) is 1.92. The van der Waals surface area contributed by atoms with Crippen LogP contribution >= 0.6 is 0 Å². The van der Waals surface area contributed by atoms with Crippen LogP contribution in [0.2, 0.25) is 0 Å². The molecule has 0 radical (unpaired) electrons. The Morgan fingerprint density at radius 1 is 1.19 bits per heavy atom. The topological polar surface area (TPSA) is 58.8 Å². The lowest BCUT2D eigenvalue weighted by Gasteiger charge is -2.52. The Balaban J connectivity index is 1.71. The van der Waals surface area contributed by atoms with Crippen LogP contribution in [0.15, 0.2) is 42.2 Å². The van der Waals surface area contributed by atoms with E-state index >= 15 is 0 Å². The summed E-state index contributed by atoms with van der Waals surface area (Å²) < 4.78 is 5.88. The van der Waals surface area contributed by atoms with E-state index in [-0.39, 0.29) is 6.09 Å². The minimum absolute atomic E-state index is 0.366. The molecule has 110 valence electrons. The molecule has 0 saturated carbocycles. The fraction of sp³-hybridized carbons (Fsp3) is 0.438. The summed E-state index contributed by atoms with van der Waals surface area (Å²) in [6.45, 7) is 2.97. The smallest absolute Gasteiger partial charge is 0.421 e. The van der Waals surface area contributed by atoms with Crippen molar-refractivity contribution in [2.24, 2.45) is 11.7 Å². The molecule has 1 aromatic rings. The zero-order chi connectivity index (χ0) is 14.4. The first-order chi connectivity index (χ1) is 10.2. The Bertz CT molecular complexity index is 593. The summed E-state index contributed by atoms with van der Waals surface area (Å²) in [6.07, 6.45) is 3.73. The summed E-state index contributed by atoms with van der Waals surface area (Å²) >= 11 is 0. The fourth-order valence-corrected chi connectivity index (χ4v) is 3.83. The van der Waals surface area contributed by atoms with Crippen LogP contribution in [0.25, 0.3) is 0 Å². The Kier molecular flexibility index (Phi) is 2.72. The van der Waals surface area contributed by atoms with Crippen molar-refractivity contribution in [2.75, 3.05) is 24.5 Å². The largest absolute Gasteiger partial charge is 0.436 e. The van der Waals surface area contributed by atoms with Crippen molar-refractivity contribution in [1.82, 2.24) is 4.90 Å². The molecule has 3 fully saturated rings. The van der Waals surface area contributed by atoms with E-state index in [4.69, 9.17) is 10.5 Å². The normalized spacial score (nSPS) is 34.8. The van der Waals surface area contributed by atoms with E-state index in [9.17, 15) is 4.79 Å². The zero-order valence-corrected chi connectivity index (χ0v) is 11.9. The predicted molar refractivity (Wildman–Crippen MR) is 79.6 cm³/mol. The van der Waals surface area contributed by atoms with Crippen LogP contribution in [0.3, 0.4) is 0 Å². The monoisotopic (exact) mass is 285 g/mol. The molecule has 1 amide bonds. The summed E-state index contributed by atoms with van der Waals surface area (Å²) in [4.78, 5) is 16.3. The number of nitrogens with two attached hydrogens (primary N) is 1. The van der Waals surface area contributed by atoms with Crippen LogP contribution < -0.4 is 10.6 Å². The van der Waals surface area contributed by atoms with Crippen LogP contribution in [0.5, 0.6) is 0 Å². The van der Waals surface area contributed by atoms with Gasteiger partial charge in [0.25, 0.3) is 0 Å². The highest BCUT2D eigenvalue weighted by atomic mass is 16.6. The first-order valence-corrected chi connectivity index (χ1v) is 7.47. The number of carbonyl (C=O) groups excluding carboxylic acids is 1. The van der Waals surface area contributed by atoms with E-state index in [0.717, 1.165) is 38.2 Å². The van der Waals surface area contributed by atoms with Crippen molar-refractivity contribution in [2.45, 2.75) is 18.4 Å². The number of piperidine rings is 3. The van der Waals surface area contributed by atoms with Crippen molar-refractivity contribution in [3.05, 3.63) is 42.2 Å². The summed E-state index contributed by atoms with van der Waals surface area (Å²) in [5.74, 6) is 0.870. The van der Waals surface area contributed by atoms with Crippen LogP contribution in [0.4, 0.5) is 10.5 Å². The first kappa shape index (κ1) is 12.7. The predicted octanol–water partition coefficient (Wildman–Crippen LogP) is 1.91. The van der Waals surface area contributed by atoms with Crippen LogP contribution in [0.1, 0.15) is 12.8 Å². The molecule has 5 heteroatoms. The van der Waals surface area contributed by atoms with Crippen LogP contribution in [-0.4, -0.2) is 36.2 Å². The molecule has 1 spiro atoms. The van der Waals surface area contributed by atoms with Gasteiger partial charge in [-0.25, -0.2) is 9.69 Å². The molecule has 0 aliphatic carbocycles. The molecule has 2 bridgehead atoms. The highest BCUT2D eigenvalue weighted by Crippen LogP contribution is 2.42. The first-order valence-electron chi connectivity index (χ1n) is 7.47. The van der Waals surface area contributed by atoms with E-state index in [1.165, 1.54) is 4.90 Å². The molecule has 2 N–H and O–H groups in total. The van der Waals surface area contributed by atoms with Gasteiger partial charge < -0.3 is 10.5 Å². The van der Waals surface area contributed by atoms with Gasteiger partial charge in [-0.15, -0.1) is 0 Å². The maximum Gasteiger partial charge on any atom is 0.421 e. The number of amides is 1. The highest BCUT2D eigenvalue weighted by molar-refractivity contribution is 5.92. The van der Waals surface area contributed by atoms with E-state index in [0.29, 0.717) is 11.7 Å². The Labute approximate surface area is 124 Å². The number of rotatable bonds is 1. The third-order valence-corrected chi connectivity index (χ3v) is 4.87. The standard InChI is InChI=1S/C16H19N3O2/c17-14-10-16(11-18-8-6-12(16)7-9-18)21-15(20)19(14)13-4-2-1-3-5-13/h1-5,10,12H,6-9,11,17H2. The van der Waals surface area contributed by atoms with Gasteiger partial charge in [0.2, 0.25) is 0 Å². The Hall–Kier alpha value is -2.01. The van der Waals surface area contributed by atoms with Crippen molar-refractivity contribution >= 4 is 11.8 Å². The fourth-order valence-electron chi connectivity index (χ4n) is 3.83. The number of carbonyl (C=O) groups is 1. The maximum absolute atomic E-state index is 12.5. The number of anilines is 1. The van der Waals surface area contributed by atoms with Gasteiger partial charge in [-0.1, -0.05) is 18.2 Å². The van der Waals surface area contributed by atoms with Gasteiger partial charge in [0.15, 0.2) is 5.60 Å². The molecule has 5 nitrogen and oxygen atoms in total. The molecule has 0 aromatic heterocycles. The molecule has 5 rings (SSSR count). The molecule has 1 unspecified atom stereocenters. The quantitative estimate of drug-likeness (QED) is 0.856. The molecule has 3 saturated heterocycles. The molecule has 1 aromatic carbocycles. The van der Waals surface area contributed by atoms with Crippen molar-refractivity contribution in [1.29, 1.82) is 0 Å². The molecule has 4 aliphatic heterocycles. The second-order valence-corrected chi connectivity index (χ2v) is 6.11. The number of hydrogen-bond donors (Lipinski definition) is 1. The van der Waals surface area contributed by atoms with Gasteiger partial charge in [0.1, 0.15) is 5.82 Å². The maximum atomic E-state index is 12.5. The average Bonchev–Trinajstić information content (AvgIpc) is 2.48. The lowest BCUT2D eigenvalue weighted by atomic mass is 9.74. The number of hydrogen-bond acceptors (Lipinski definition) is 4. The summed E-state index contributed by atoms with van der Waals surface area (Å²) in [5.41, 5.74) is 6.42. The molecular weight excluding hydrogens is 266 g/mol. The lowest BCUT2D eigenvalue weighted by molar-refractivity contribution is -0.0860. The summed E-state index contributed by atoms with van der Waals surface area (Å²) in [6, 6.07) is 9.39. The molecule has 4 heterocycles. The van der Waals surface area contributed by atoms with Crippen molar-refractivity contribution in [3.8, 4) is 0 Å². The number of ether oxygens (including phenoxy) is 1. The van der Waals surface area contributed by atoms with Gasteiger partial charge in [0, 0.05) is 18.5 Å². The molecular formula is C16H19N3O2. The second-order valence-electron chi connectivity index (χ2n) is 6.11. The minimum atomic E-state index is -0.525. The van der Waals surface area contributed by atoms with Crippen molar-refractivity contribution < 1.29 is 9.53 Å². The van der Waals surface area contributed by atoms with Gasteiger partial charge in [-0.05, 0) is 38.1 Å². The minimum Gasteiger partial charge on any atom is -0.436 e. The zero-order valence-electron chi connectivity index (χ0n) is 11.9. The second kappa shape index (κ2) is 4.49. The van der Waals surface area contributed by atoms with E-state index in [2.05, 4.69) is 4.90 Å². The Morgan fingerprint density at radius 2 is 1.90 bits per heavy atom. The van der Waals surface area contributed by atoms with E-state index in [1.54, 1.807) is 0 Å². The molecule has 4 aliphatic rings. The highest BCUT2D eigenvalue weighted by Gasteiger charge is 2.51.